The van der Waals surface area contributed by atoms with Crippen LogP contribution in [-0.2, 0) is 4.79 Å². The van der Waals surface area contributed by atoms with E-state index in [-0.39, 0.29) is 11.1 Å². The number of hydrogen-bond donors (Lipinski definition) is 0. The number of rotatable bonds is 4. The first-order valence-corrected chi connectivity index (χ1v) is 9.35. The molecule has 7 heteroatoms. The molecule has 1 aromatic carbocycles. The van der Waals surface area contributed by atoms with Gasteiger partial charge in [0.2, 0.25) is 0 Å². The molecule has 0 radical (unpaired) electrons. The van der Waals surface area contributed by atoms with E-state index < -0.39 is 0 Å². The molecule has 0 unspecified atom stereocenters. The van der Waals surface area contributed by atoms with E-state index in [1.165, 1.54) is 4.90 Å². The lowest BCUT2D eigenvalue weighted by molar-refractivity contribution is -0.122. The van der Waals surface area contributed by atoms with Crippen molar-refractivity contribution in [3.05, 3.63) is 51.1 Å². The number of methoxy groups -OCH3 is 1. The van der Waals surface area contributed by atoms with Gasteiger partial charge in [0.15, 0.2) is 0 Å². The van der Waals surface area contributed by atoms with E-state index in [0.29, 0.717) is 22.2 Å². The average Bonchev–Trinajstić information content (AvgIpc) is 3.03. The molecule has 2 amide bonds. The maximum absolute atomic E-state index is 12.3. The summed E-state index contributed by atoms with van der Waals surface area (Å²) in [6, 6.07) is 7.42. The van der Waals surface area contributed by atoms with Crippen LogP contribution in [-0.4, -0.2) is 34.3 Å². The minimum absolute atomic E-state index is 0.228. The number of likely N-dealkylation sites (N-methyl/N-ethyl adjacent to an activating group) is 1. The van der Waals surface area contributed by atoms with E-state index in [1.54, 1.807) is 26.2 Å². The molecule has 1 aromatic heterocycles. The van der Waals surface area contributed by atoms with E-state index in [9.17, 15) is 9.59 Å². The summed E-state index contributed by atoms with van der Waals surface area (Å²) in [5.41, 5.74) is 3.62. The summed E-state index contributed by atoms with van der Waals surface area (Å²) in [4.78, 5) is 25.9. The maximum Gasteiger partial charge on any atom is 0.293 e. The van der Waals surface area contributed by atoms with Crippen LogP contribution < -0.4 is 4.74 Å². The van der Waals surface area contributed by atoms with E-state index >= 15 is 0 Å². The Hall–Kier alpha value is -2.18. The second-order valence-electron chi connectivity index (χ2n) is 5.90. The van der Waals surface area contributed by atoms with E-state index in [0.717, 1.165) is 34.4 Å². The number of hydrogen-bond acceptors (Lipinski definition) is 4. The van der Waals surface area contributed by atoms with Gasteiger partial charge in [-0.25, -0.2) is 0 Å². The van der Waals surface area contributed by atoms with Gasteiger partial charge in [-0.15, -0.1) is 0 Å². The molecule has 1 fully saturated rings. The van der Waals surface area contributed by atoms with Crippen LogP contribution in [0.15, 0.2) is 29.2 Å². The Balaban J connectivity index is 2.08. The van der Waals surface area contributed by atoms with Gasteiger partial charge in [-0.2, -0.15) is 0 Å². The number of thioether (sulfide) groups is 1. The van der Waals surface area contributed by atoms with Crippen molar-refractivity contribution in [3.8, 4) is 11.4 Å². The lowest BCUT2D eigenvalue weighted by atomic mass is 10.2. The molecule has 0 saturated carbocycles. The Labute approximate surface area is 161 Å². The standard InChI is InChI=1S/C19H19ClN2O3S/c1-5-21-18(23)17(26-19(21)24)9-13-8-11(2)22(12(13)3)15-10-14(20)6-7-16(15)25-4/h6-10H,5H2,1-4H3/b17-9+. The van der Waals surface area contributed by atoms with Crippen LogP contribution in [0.1, 0.15) is 23.9 Å². The van der Waals surface area contributed by atoms with Gasteiger partial charge in [-0.3, -0.25) is 14.5 Å². The summed E-state index contributed by atoms with van der Waals surface area (Å²) >= 11 is 7.14. The van der Waals surface area contributed by atoms with Gasteiger partial charge in [0.1, 0.15) is 5.75 Å². The van der Waals surface area contributed by atoms with E-state index in [1.807, 2.05) is 36.6 Å². The van der Waals surface area contributed by atoms with Crippen LogP contribution in [0.5, 0.6) is 5.75 Å². The van der Waals surface area contributed by atoms with Crippen LogP contribution in [0.3, 0.4) is 0 Å². The molecule has 2 aromatic rings. The summed E-state index contributed by atoms with van der Waals surface area (Å²) in [5.74, 6) is 0.460. The van der Waals surface area contributed by atoms with Gasteiger partial charge < -0.3 is 9.30 Å². The molecule has 5 nitrogen and oxygen atoms in total. The summed E-state index contributed by atoms with van der Waals surface area (Å²) in [6.07, 6.45) is 1.77. The number of ether oxygens (including phenoxy) is 1. The molecule has 0 aliphatic carbocycles. The third-order valence-corrected chi connectivity index (χ3v) is 5.47. The minimum atomic E-state index is -0.243. The van der Waals surface area contributed by atoms with E-state index in [2.05, 4.69) is 0 Å². The van der Waals surface area contributed by atoms with Crippen LogP contribution in [0.4, 0.5) is 4.79 Å². The van der Waals surface area contributed by atoms with Crippen molar-refractivity contribution in [1.29, 1.82) is 0 Å². The summed E-state index contributed by atoms with van der Waals surface area (Å²) in [5, 5.41) is 0.382. The van der Waals surface area contributed by atoms with E-state index in [4.69, 9.17) is 16.3 Å². The van der Waals surface area contributed by atoms with Gasteiger partial charge in [-0.1, -0.05) is 11.6 Å². The molecule has 1 aliphatic rings. The number of aryl methyl sites for hydroxylation is 1. The number of amides is 2. The second-order valence-corrected chi connectivity index (χ2v) is 7.33. The molecule has 2 heterocycles. The number of benzene rings is 1. The fourth-order valence-corrected chi connectivity index (χ4v) is 4.12. The number of halogens is 1. The zero-order chi connectivity index (χ0) is 19.0. The highest BCUT2D eigenvalue weighted by Gasteiger charge is 2.34. The summed E-state index contributed by atoms with van der Waals surface area (Å²) in [7, 11) is 1.61. The number of carbonyl (C=O) groups excluding carboxylic acids is 2. The zero-order valence-corrected chi connectivity index (χ0v) is 16.6. The molecule has 0 atom stereocenters. The monoisotopic (exact) mass is 390 g/mol. The topological polar surface area (TPSA) is 51.5 Å². The predicted octanol–water partition coefficient (Wildman–Crippen LogP) is 4.81. The largest absolute Gasteiger partial charge is 0.495 e. The summed E-state index contributed by atoms with van der Waals surface area (Å²) in [6.45, 7) is 6.10. The van der Waals surface area contributed by atoms with Crippen molar-refractivity contribution in [2.24, 2.45) is 0 Å². The van der Waals surface area contributed by atoms with Gasteiger partial charge in [0, 0.05) is 23.0 Å². The van der Waals surface area contributed by atoms with Crippen molar-refractivity contribution in [3.63, 3.8) is 0 Å². The van der Waals surface area contributed by atoms with Crippen LogP contribution in [0.2, 0.25) is 5.02 Å². The SMILES string of the molecule is CCN1C(=O)S/C(=C/c2cc(C)n(-c3cc(Cl)ccc3OC)c2C)C1=O. The average molecular weight is 391 g/mol. The molecule has 0 spiro atoms. The molecule has 1 saturated heterocycles. The Morgan fingerprint density at radius 1 is 1.23 bits per heavy atom. The van der Waals surface area contributed by atoms with Crippen molar-refractivity contribution in [2.75, 3.05) is 13.7 Å². The number of imide groups is 1. The van der Waals surface area contributed by atoms with Crippen molar-refractivity contribution in [2.45, 2.75) is 20.8 Å². The zero-order valence-electron chi connectivity index (χ0n) is 15.0. The third kappa shape index (κ3) is 3.15. The number of aromatic nitrogens is 1. The Kier molecular flexibility index (Phi) is 5.16. The smallest absolute Gasteiger partial charge is 0.293 e. The highest BCUT2D eigenvalue weighted by molar-refractivity contribution is 8.18. The lowest BCUT2D eigenvalue weighted by Gasteiger charge is -2.14. The van der Waals surface area contributed by atoms with Gasteiger partial charge in [0.25, 0.3) is 11.1 Å². The number of carbonyl (C=O) groups is 2. The van der Waals surface area contributed by atoms with Gasteiger partial charge in [0.05, 0.1) is 17.7 Å². The Bertz CT molecular complexity index is 933. The second kappa shape index (κ2) is 7.21. The fraction of sp³-hybridized carbons (Fsp3) is 0.263. The molecule has 0 bridgehead atoms. The number of nitrogens with zero attached hydrogens (tertiary/aromatic N) is 2. The molecule has 1 aliphatic heterocycles. The first-order chi connectivity index (χ1) is 12.4. The lowest BCUT2D eigenvalue weighted by Crippen LogP contribution is -2.27. The first kappa shape index (κ1) is 18.6. The molecule has 136 valence electrons. The molecule has 0 N–H and O–H groups in total. The molecular weight excluding hydrogens is 372 g/mol. The third-order valence-electron chi connectivity index (χ3n) is 4.33. The highest BCUT2D eigenvalue weighted by Crippen LogP contribution is 2.35. The Morgan fingerprint density at radius 2 is 1.96 bits per heavy atom. The van der Waals surface area contributed by atoms with Crippen molar-refractivity contribution in [1.82, 2.24) is 9.47 Å². The van der Waals surface area contributed by atoms with Crippen molar-refractivity contribution >= 4 is 40.6 Å². The maximum atomic E-state index is 12.3. The summed E-state index contributed by atoms with van der Waals surface area (Å²) < 4.78 is 7.49. The first-order valence-electron chi connectivity index (χ1n) is 8.15. The van der Waals surface area contributed by atoms with Gasteiger partial charge in [-0.05, 0) is 68.4 Å². The van der Waals surface area contributed by atoms with Crippen LogP contribution in [0, 0.1) is 13.8 Å². The predicted molar refractivity (Wildman–Crippen MR) is 105 cm³/mol. The molecular formula is C19H19ClN2O3S. The molecule has 26 heavy (non-hydrogen) atoms. The normalized spacial score (nSPS) is 16.0. The Morgan fingerprint density at radius 3 is 2.58 bits per heavy atom. The fourth-order valence-electron chi connectivity index (χ4n) is 3.06. The quantitative estimate of drug-likeness (QED) is 0.703. The van der Waals surface area contributed by atoms with Crippen LogP contribution in [0.25, 0.3) is 11.8 Å². The van der Waals surface area contributed by atoms with Gasteiger partial charge >= 0.3 is 0 Å². The highest BCUT2D eigenvalue weighted by atomic mass is 35.5. The minimum Gasteiger partial charge on any atom is -0.495 e. The van der Waals surface area contributed by atoms with Crippen molar-refractivity contribution < 1.29 is 14.3 Å². The molecule has 3 rings (SSSR count). The van der Waals surface area contributed by atoms with Crippen LogP contribution >= 0.6 is 23.4 Å².